The minimum atomic E-state index is -3.44. The summed E-state index contributed by atoms with van der Waals surface area (Å²) in [4.78, 5) is 0.323. The smallest absolute Gasteiger partial charge is 0.243 e. The molecule has 2 aliphatic heterocycles. The Kier molecular flexibility index (Phi) is 3.74. The van der Waals surface area contributed by atoms with E-state index in [9.17, 15) is 8.42 Å². The molecule has 3 atom stereocenters. The summed E-state index contributed by atoms with van der Waals surface area (Å²) in [6.07, 6.45) is 0.302. The summed E-state index contributed by atoms with van der Waals surface area (Å²) in [5, 5.41) is 12.0. The van der Waals surface area contributed by atoms with Crippen molar-refractivity contribution >= 4 is 10.0 Å². The predicted molar refractivity (Wildman–Crippen MR) is 79.0 cm³/mol. The lowest BCUT2D eigenvalue weighted by Gasteiger charge is -2.24. The van der Waals surface area contributed by atoms with Gasteiger partial charge in [-0.25, -0.2) is 8.42 Å². The Morgan fingerprint density at radius 1 is 1.33 bits per heavy atom. The van der Waals surface area contributed by atoms with Crippen LogP contribution < -0.4 is 5.32 Å². The molecule has 1 aromatic rings. The van der Waals surface area contributed by atoms with Crippen LogP contribution in [0, 0.1) is 23.2 Å². The number of nitrogens with one attached hydrogen (secondary N) is 1. The maximum Gasteiger partial charge on any atom is 0.243 e. The first-order chi connectivity index (χ1) is 10.0. The van der Waals surface area contributed by atoms with E-state index in [4.69, 9.17) is 5.26 Å². The molecule has 6 heteroatoms. The lowest BCUT2D eigenvalue weighted by atomic mass is 9.95. The third-order valence-corrected chi connectivity index (χ3v) is 6.66. The van der Waals surface area contributed by atoms with Gasteiger partial charge >= 0.3 is 0 Å². The van der Waals surface area contributed by atoms with Crippen molar-refractivity contribution in [2.75, 3.05) is 19.6 Å². The molecule has 0 saturated carbocycles. The fraction of sp³-hybridized carbons (Fsp3) is 0.533. The third-order valence-electron chi connectivity index (χ3n) is 4.69. The van der Waals surface area contributed by atoms with Crippen molar-refractivity contribution in [2.45, 2.75) is 24.3 Å². The molecule has 21 heavy (non-hydrogen) atoms. The van der Waals surface area contributed by atoms with Crippen molar-refractivity contribution in [1.29, 1.82) is 5.26 Å². The summed E-state index contributed by atoms with van der Waals surface area (Å²) in [5.74, 6) is 0.838. The number of rotatable bonds is 3. The van der Waals surface area contributed by atoms with E-state index in [1.165, 1.54) is 0 Å². The zero-order valence-electron chi connectivity index (χ0n) is 12.0. The first-order valence-corrected chi connectivity index (χ1v) is 8.66. The van der Waals surface area contributed by atoms with E-state index in [1.807, 2.05) is 6.92 Å². The van der Waals surface area contributed by atoms with Crippen LogP contribution in [0.2, 0.25) is 0 Å². The van der Waals surface area contributed by atoms with Crippen molar-refractivity contribution in [3.8, 4) is 6.07 Å². The fourth-order valence-electron chi connectivity index (χ4n) is 3.45. The highest BCUT2D eigenvalue weighted by Crippen LogP contribution is 2.36. The number of fused-ring (bicyclic) bond motifs is 1. The van der Waals surface area contributed by atoms with Crippen molar-refractivity contribution in [3.63, 3.8) is 0 Å². The minimum absolute atomic E-state index is 0.0359. The molecule has 2 fully saturated rings. The van der Waals surface area contributed by atoms with Gasteiger partial charge in [-0.1, -0.05) is 12.1 Å². The van der Waals surface area contributed by atoms with Gasteiger partial charge in [-0.3, -0.25) is 0 Å². The zero-order valence-corrected chi connectivity index (χ0v) is 12.8. The normalized spacial score (nSPS) is 29.2. The molecule has 1 aromatic carbocycles. The molecular formula is C15H19N3O2S. The highest BCUT2D eigenvalue weighted by molar-refractivity contribution is 7.89. The van der Waals surface area contributed by atoms with Gasteiger partial charge in [0.15, 0.2) is 0 Å². The second-order valence-electron chi connectivity index (χ2n) is 5.88. The van der Waals surface area contributed by atoms with Gasteiger partial charge in [0.1, 0.15) is 0 Å². The van der Waals surface area contributed by atoms with E-state index in [2.05, 4.69) is 11.4 Å². The average Bonchev–Trinajstić information content (AvgIpc) is 3.03. The van der Waals surface area contributed by atoms with Crippen molar-refractivity contribution in [2.24, 2.45) is 11.8 Å². The van der Waals surface area contributed by atoms with Crippen molar-refractivity contribution in [3.05, 3.63) is 29.8 Å². The summed E-state index contributed by atoms with van der Waals surface area (Å²) in [6, 6.07) is 8.77. The summed E-state index contributed by atoms with van der Waals surface area (Å²) in [7, 11) is -3.44. The van der Waals surface area contributed by atoms with Gasteiger partial charge in [0.25, 0.3) is 0 Å². The monoisotopic (exact) mass is 305 g/mol. The first-order valence-electron chi connectivity index (χ1n) is 7.22. The van der Waals surface area contributed by atoms with Crippen LogP contribution in [-0.4, -0.2) is 38.4 Å². The standard InChI is InChI=1S/C15H19N3O2S/c1-11-15-9-17-8-13(15)10-18(11)21(19,20)14-4-2-12(3-5-14)6-7-16/h2-5,11,13,15,17H,6,8-10H2,1H3. The lowest BCUT2D eigenvalue weighted by molar-refractivity contribution is 0.360. The van der Waals surface area contributed by atoms with E-state index in [1.54, 1.807) is 28.6 Å². The van der Waals surface area contributed by atoms with E-state index in [0.717, 1.165) is 18.7 Å². The molecule has 2 saturated heterocycles. The number of hydrogen-bond donors (Lipinski definition) is 1. The van der Waals surface area contributed by atoms with E-state index >= 15 is 0 Å². The van der Waals surface area contributed by atoms with Crippen LogP contribution in [0.1, 0.15) is 12.5 Å². The maximum absolute atomic E-state index is 12.8. The number of nitrogens with zero attached hydrogens (tertiary/aromatic N) is 2. The molecule has 3 unspecified atom stereocenters. The topological polar surface area (TPSA) is 73.2 Å². The molecule has 2 heterocycles. The van der Waals surface area contributed by atoms with Gasteiger partial charge in [-0.15, -0.1) is 0 Å². The molecule has 5 nitrogen and oxygen atoms in total. The van der Waals surface area contributed by atoms with E-state index in [-0.39, 0.29) is 6.04 Å². The van der Waals surface area contributed by atoms with Crippen LogP contribution >= 0.6 is 0 Å². The van der Waals surface area contributed by atoms with Gasteiger partial charge in [0.2, 0.25) is 10.0 Å². The molecule has 0 radical (unpaired) electrons. The highest BCUT2D eigenvalue weighted by atomic mass is 32.2. The molecule has 0 spiro atoms. The molecule has 112 valence electrons. The zero-order chi connectivity index (χ0) is 15.0. The Labute approximate surface area is 125 Å². The number of hydrogen-bond acceptors (Lipinski definition) is 4. The van der Waals surface area contributed by atoms with Crippen LogP contribution in [-0.2, 0) is 16.4 Å². The lowest BCUT2D eigenvalue weighted by Crippen LogP contribution is -2.38. The third kappa shape index (κ3) is 2.46. The van der Waals surface area contributed by atoms with Crippen LogP contribution in [0.5, 0.6) is 0 Å². The summed E-state index contributed by atoms with van der Waals surface area (Å²) < 4.78 is 27.2. The Hall–Kier alpha value is -1.42. The Morgan fingerprint density at radius 2 is 2.05 bits per heavy atom. The molecule has 1 N–H and O–H groups in total. The highest BCUT2D eigenvalue weighted by Gasteiger charge is 2.46. The molecule has 0 bridgehead atoms. The SMILES string of the molecule is CC1C2CNCC2CN1S(=O)(=O)c1ccc(CC#N)cc1. The summed E-state index contributed by atoms with van der Waals surface area (Å²) in [6.45, 7) is 4.40. The summed E-state index contributed by atoms with van der Waals surface area (Å²) >= 11 is 0. The molecule has 0 aliphatic carbocycles. The molecule has 3 rings (SSSR count). The van der Waals surface area contributed by atoms with Crippen LogP contribution in [0.15, 0.2) is 29.2 Å². The number of benzene rings is 1. The Morgan fingerprint density at radius 3 is 2.67 bits per heavy atom. The Balaban J connectivity index is 1.85. The molecule has 0 amide bonds. The fourth-order valence-corrected chi connectivity index (χ4v) is 5.18. The number of sulfonamides is 1. The second kappa shape index (κ2) is 5.41. The Bertz CT molecular complexity index is 663. The van der Waals surface area contributed by atoms with Crippen molar-refractivity contribution in [1.82, 2.24) is 9.62 Å². The molecule has 2 aliphatic rings. The largest absolute Gasteiger partial charge is 0.316 e. The molecule has 0 aromatic heterocycles. The van der Waals surface area contributed by atoms with Gasteiger partial charge < -0.3 is 5.32 Å². The maximum atomic E-state index is 12.8. The predicted octanol–water partition coefficient (Wildman–Crippen LogP) is 0.981. The van der Waals surface area contributed by atoms with Crippen molar-refractivity contribution < 1.29 is 8.42 Å². The summed E-state index contributed by atoms with van der Waals surface area (Å²) in [5.41, 5.74) is 0.840. The quantitative estimate of drug-likeness (QED) is 0.903. The van der Waals surface area contributed by atoms with Gasteiger partial charge in [0, 0.05) is 12.6 Å². The first kappa shape index (κ1) is 14.5. The second-order valence-corrected chi connectivity index (χ2v) is 7.77. The number of nitriles is 1. The van der Waals surface area contributed by atoms with Gasteiger partial charge in [-0.2, -0.15) is 9.57 Å². The van der Waals surface area contributed by atoms with E-state index < -0.39 is 10.0 Å². The van der Waals surface area contributed by atoms with Gasteiger partial charge in [0.05, 0.1) is 17.4 Å². The van der Waals surface area contributed by atoms with E-state index in [0.29, 0.717) is 29.7 Å². The minimum Gasteiger partial charge on any atom is -0.316 e. The van der Waals surface area contributed by atoms with Crippen LogP contribution in [0.3, 0.4) is 0 Å². The average molecular weight is 305 g/mol. The molecular weight excluding hydrogens is 286 g/mol. The van der Waals surface area contributed by atoms with Crippen LogP contribution in [0.25, 0.3) is 0 Å². The van der Waals surface area contributed by atoms with Crippen LogP contribution in [0.4, 0.5) is 0 Å². The van der Waals surface area contributed by atoms with Gasteiger partial charge in [-0.05, 0) is 49.5 Å².